The van der Waals surface area contributed by atoms with Crippen molar-refractivity contribution in [1.29, 1.82) is 0 Å². The summed E-state index contributed by atoms with van der Waals surface area (Å²) in [6.07, 6.45) is 0. The van der Waals surface area contributed by atoms with E-state index in [0.29, 0.717) is 23.1 Å². The van der Waals surface area contributed by atoms with Crippen LogP contribution in [0, 0.1) is 0 Å². The molecule has 28 heavy (non-hydrogen) atoms. The van der Waals surface area contributed by atoms with Crippen molar-refractivity contribution in [3.05, 3.63) is 33.8 Å². The monoisotopic (exact) mass is 428 g/mol. The van der Waals surface area contributed by atoms with Crippen molar-refractivity contribution in [2.45, 2.75) is 26.8 Å². The van der Waals surface area contributed by atoms with Crippen LogP contribution in [0.15, 0.2) is 18.2 Å². The van der Waals surface area contributed by atoms with E-state index in [-0.39, 0.29) is 17.9 Å². The van der Waals surface area contributed by atoms with E-state index in [0.717, 1.165) is 44.8 Å². The molecule has 1 aromatic rings. The Bertz CT molecular complexity index is 674. The lowest BCUT2D eigenvalue weighted by Crippen LogP contribution is -2.52. The van der Waals surface area contributed by atoms with E-state index in [1.807, 2.05) is 31.7 Å². The molecular weight excluding hydrogens is 399 g/mol. The van der Waals surface area contributed by atoms with Crippen LogP contribution in [0.5, 0.6) is 0 Å². The van der Waals surface area contributed by atoms with E-state index >= 15 is 0 Å². The maximum atomic E-state index is 12.4. The molecule has 0 spiro atoms. The second kappa shape index (κ2) is 11.0. The number of amides is 2. The second-order valence-corrected chi connectivity index (χ2v) is 7.92. The highest BCUT2D eigenvalue weighted by molar-refractivity contribution is 6.35. The zero-order valence-corrected chi connectivity index (χ0v) is 18.4. The fourth-order valence-corrected chi connectivity index (χ4v) is 3.97. The lowest BCUT2D eigenvalue weighted by Gasteiger charge is -2.35. The maximum Gasteiger partial charge on any atom is 0.236 e. The van der Waals surface area contributed by atoms with E-state index in [4.69, 9.17) is 23.2 Å². The van der Waals surface area contributed by atoms with Gasteiger partial charge in [-0.15, -0.1) is 0 Å². The van der Waals surface area contributed by atoms with Gasteiger partial charge in [-0.1, -0.05) is 29.3 Å². The van der Waals surface area contributed by atoms with Crippen molar-refractivity contribution in [3.8, 4) is 0 Å². The van der Waals surface area contributed by atoms with E-state index in [2.05, 4.69) is 15.1 Å². The molecule has 0 aromatic heterocycles. The lowest BCUT2D eigenvalue weighted by atomic mass is 10.1. The molecule has 0 aliphatic carbocycles. The third-order valence-corrected chi connectivity index (χ3v) is 5.68. The SMILES string of the molecule is CCN(CC)C(=O)CN1CCN(CC(=O)NC(C)c2ccc(Cl)cc2Cl)CC1. The van der Waals surface area contributed by atoms with Crippen molar-refractivity contribution in [2.24, 2.45) is 0 Å². The van der Waals surface area contributed by atoms with Gasteiger partial charge in [0.05, 0.1) is 19.1 Å². The zero-order valence-electron chi connectivity index (χ0n) is 16.9. The molecule has 1 aromatic carbocycles. The number of halogens is 2. The third kappa shape index (κ3) is 6.62. The van der Waals surface area contributed by atoms with Gasteiger partial charge >= 0.3 is 0 Å². The first kappa shape index (κ1) is 22.9. The topological polar surface area (TPSA) is 55.9 Å². The summed E-state index contributed by atoms with van der Waals surface area (Å²) in [7, 11) is 0. The van der Waals surface area contributed by atoms with Crippen LogP contribution in [0.4, 0.5) is 0 Å². The minimum absolute atomic E-state index is 0.0359. The Morgan fingerprint density at radius 3 is 2.18 bits per heavy atom. The Morgan fingerprint density at radius 2 is 1.64 bits per heavy atom. The molecule has 2 amide bonds. The van der Waals surface area contributed by atoms with Crippen molar-refractivity contribution in [1.82, 2.24) is 20.0 Å². The Hall–Kier alpha value is -1.34. The quantitative estimate of drug-likeness (QED) is 0.691. The second-order valence-electron chi connectivity index (χ2n) is 7.07. The summed E-state index contributed by atoms with van der Waals surface area (Å²) >= 11 is 12.1. The molecule has 6 nitrogen and oxygen atoms in total. The van der Waals surface area contributed by atoms with Crippen LogP contribution in [0.3, 0.4) is 0 Å². The number of hydrogen-bond acceptors (Lipinski definition) is 4. The summed E-state index contributed by atoms with van der Waals surface area (Å²) in [6.45, 7) is 11.3. The molecule has 1 aliphatic rings. The molecule has 2 rings (SSSR count). The van der Waals surface area contributed by atoms with Gasteiger partial charge in [0.25, 0.3) is 0 Å². The largest absolute Gasteiger partial charge is 0.348 e. The molecule has 1 heterocycles. The highest BCUT2D eigenvalue weighted by atomic mass is 35.5. The van der Waals surface area contributed by atoms with E-state index < -0.39 is 0 Å². The fourth-order valence-electron chi connectivity index (χ4n) is 3.39. The molecule has 0 saturated carbocycles. The highest BCUT2D eigenvalue weighted by Crippen LogP contribution is 2.26. The summed E-state index contributed by atoms with van der Waals surface area (Å²) in [5, 5.41) is 4.12. The molecule has 1 atom stereocenters. The molecule has 0 radical (unpaired) electrons. The third-order valence-electron chi connectivity index (χ3n) is 5.11. The molecule has 0 bridgehead atoms. The van der Waals surface area contributed by atoms with Crippen LogP contribution in [-0.4, -0.2) is 78.9 Å². The van der Waals surface area contributed by atoms with Crippen LogP contribution < -0.4 is 5.32 Å². The fraction of sp³-hybridized carbons (Fsp3) is 0.600. The Kier molecular flexibility index (Phi) is 9.02. The average molecular weight is 429 g/mol. The number of benzene rings is 1. The van der Waals surface area contributed by atoms with Crippen molar-refractivity contribution < 1.29 is 9.59 Å². The summed E-state index contributed by atoms with van der Waals surface area (Å²) in [4.78, 5) is 30.8. The molecule has 1 fully saturated rings. The van der Waals surface area contributed by atoms with Crippen molar-refractivity contribution in [3.63, 3.8) is 0 Å². The Morgan fingerprint density at radius 1 is 1.07 bits per heavy atom. The van der Waals surface area contributed by atoms with E-state index in [9.17, 15) is 9.59 Å². The van der Waals surface area contributed by atoms with Gasteiger partial charge in [-0.2, -0.15) is 0 Å². The number of nitrogens with zero attached hydrogens (tertiary/aromatic N) is 3. The summed E-state index contributed by atoms with van der Waals surface area (Å²) in [5.41, 5.74) is 0.846. The Labute approximate surface area is 177 Å². The minimum Gasteiger partial charge on any atom is -0.348 e. The molecule has 1 saturated heterocycles. The number of likely N-dealkylation sites (N-methyl/N-ethyl adjacent to an activating group) is 1. The standard InChI is InChI=1S/C20H30Cl2N4O2/c1-4-26(5-2)20(28)14-25-10-8-24(9-11-25)13-19(27)23-15(3)17-7-6-16(21)12-18(17)22/h6-7,12,15H,4-5,8-11,13-14H2,1-3H3,(H,23,27). The number of rotatable bonds is 8. The van der Waals surface area contributed by atoms with Crippen LogP contribution in [0.25, 0.3) is 0 Å². The number of piperazine rings is 1. The zero-order chi connectivity index (χ0) is 20.7. The summed E-state index contributed by atoms with van der Waals surface area (Å²) in [6, 6.07) is 5.09. The molecule has 1 aliphatic heterocycles. The number of carbonyl (C=O) groups is 2. The van der Waals surface area contributed by atoms with Gasteiger partial charge in [0.1, 0.15) is 0 Å². The molecule has 1 unspecified atom stereocenters. The number of nitrogens with one attached hydrogen (secondary N) is 1. The summed E-state index contributed by atoms with van der Waals surface area (Å²) < 4.78 is 0. The normalized spacial score (nSPS) is 16.6. The van der Waals surface area contributed by atoms with Gasteiger partial charge < -0.3 is 10.2 Å². The minimum atomic E-state index is -0.190. The highest BCUT2D eigenvalue weighted by Gasteiger charge is 2.22. The van der Waals surface area contributed by atoms with Crippen LogP contribution in [-0.2, 0) is 9.59 Å². The smallest absolute Gasteiger partial charge is 0.236 e. The van der Waals surface area contributed by atoms with Gasteiger partial charge in [-0.3, -0.25) is 19.4 Å². The first-order valence-corrected chi connectivity index (χ1v) is 10.6. The predicted molar refractivity (Wildman–Crippen MR) is 114 cm³/mol. The molecule has 1 N–H and O–H groups in total. The van der Waals surface area contributed by atoms with Gasteiger partial charge in [0.2, 0.25) is 11.8 Å². The van der Waals surface area contributed by atoms with Gasteiger partial charge in [0.15, 0.2) is 0 Å². The van der Waals surface area contributed by atoms with Crippen LogP contribution >= 0.6 is 23.2 Å². The first-order chi connectivity index (χ1) is 13.3. The number of carbonyl (C=O) groups excluding carboxylic acids is 2. The molecular formula is C20H30Cl2N4O2. The van der Waals surface area contributed by atoms with E-state index in [1.54, 1.807) is 12.1 Å². The van der Waals surface area contributed by atoms with Crippen molar-refractivity contribution >= 4 is 35.0 Å². The molecule has 156 valence electrons. The summed E-state index contributed by atoms with van der Waals surface area (Å²) in [5.74, 6) is 0.135. The van der Waals surface area contributed by atoms with Crippen molar-refractivity contribution in [2.75, 3.05) is 52.4 Å². The lowest BCUT2D eigenvalue weighted by molar-refractivity contribution is -0.133. The Balaban J connectivity index is 1.76. The van der Waals surface area contributed by atoms with Crippen LogP contribution in [0.2, 0.25) is 10.0 Å². The maximum absolute atomic E-state index is 12.4. The predicted octanol–water partition coefficient (Wildman–Crippen LogP) is 2.66. The van der Waals surface area contributed by atoms with Crippen LogP contribution in [0.1, 0.15) is 32.4 Å². The van der Waals surface area contributed by atoms with Gasteiger partial charge in [0, 0.05) is 49.3 Å². The van der Waals surface area contributed by atoms with E-state index in [1.165, 1.54) is 0 Å². The number of hydrogen-bond donors (Lipinski definition) is 1. The molecule has 8 heteroatoms. The first-order valence-electron chi connectivity index (χ1n) is 9.80. The average Bonchev–Trinajstić information content (AvgIpc) is 2.64. The van der Waals surface area contributed by atoms with Gasteiger partial charge in [-0.25, -0.2) is 0 Å². The van der Waals surface area contributed by atoms with Gasteiger partial charge in [-0.05, 0) is 38.5 Å².